The molecular formula is C15H21ClN2O2. The Morgan fingerprint density at radius 1 is 1.55 bits per heavy atom. The third kappa shape index (κ3) is 3.49. The maximum Gasteiger partial charge on any atom is 0.270 e. The van der Waals surface area contributed by atoms with Crippen LogP contribution in [0.2, 0.25) is 5.02 Å². The first-order valence-corrected chi connectivity index (χ1v) is 7.53. The highest BCUT2D eigenvalue weighted by Gasteiger charge is 2.32. The largest absolute Gasteiger partial charge is 0.325 e. The lowest BCUT2D eigenvalue weighted by Gasteiger charge is -2.38. The highest BCUT2D eigenvalue weighted by Crippen LogP contribution is 2.36. The van der Waals surface area contributed by atoms with E-state index in [4.69, 9.17) is 17.3 Å². The van der Waals surface area contributed by atoms with Crippen molar-refractivity contribution in [2.75, 3.05) is 0 Å². The predicted octanol–water partition coefficient (Wildman–Crippen LogP) is 4.09. The van der Waals surface area contributed by atoms with Crippen LogP contribution in [0.3, 0.4) is 0 Å². The van der Waals surface area contributed by atoms with Crippen molar-refractivity contribution in [2.24, 2.45) is 11.7 Å². The molecule has 4 nitrogen and oxygen atoms in total. The first-order chi connectivity index (χ1) is 9.43. The van der Waals surface area contributed by atoms with Crippen LogP contribution < -0.4 is 5.73 Å². The molecule has 1 saturated carbocycles. The Balaban J connectivity index is 2.14. The summed E-state index contributed by atoms with van der Waals surface area (Å²) in [4.78, 5) is 10.3. The van der Waals surface area contributed by atoms with Crippen molar-refractivity contribution < 1.29 is 4.92 Å². The SMILES string of the molecule is CCC1CCCC(N)(Cc2ccc([N+](=O)[O-])cc2Cl)C1. The van der Waals surface area contributed by atoms with E-state index in [1.54, 1.807) is 6.07 Å². The fraction of sp³-hybridized carbons (Fsp3) is 0.600. The van der Waals surface area contributed by atoms with Gasteiger partial charge in [-0.1, -0.05) is 43.9 Å². The zero-order chi connectivity index (χ0) is 14.8. The van der Waals surface area contributed by atoms with Crippen LogP contribution in [0.5, 0.6) is 0 Å². The van der Waals surface area contributed by atoms with E-state index in [1.165, 1.54) is 18.6 Å². The van der Waals surface area contributed by atoms with Gasteiger partial charge in [0.1, 0.15) is 0 Å². The van der Waals surface area contributed by atoms with E-state index >= 15 is 0 Å². The molecule has 0 spiro atoms. The number of nitrogens with two attached hydrogens (primary N) is 1. The Morgan fingerprint density at radius 2 is 2.30 bits per heavy atom. The monoisotopic (exact) mass is 296 g/mol. The second-order valence-electron chi connectivity index (χ2n) is 5.94. The first kappa shape index (κ1) is 15.3. The summed E-state index contributed by atoms with van der Waals surface area (Å²) in [6, 6.07) is 4.66. The third-order valence-electron chi connectivity index (χ3n) is 4.35. The molecule has 1 aromatic rings. The van der Waals surface area contributed by atoms with Gasteiger partial charge in [0.2, 0.25) is 0 Å². The van der Waals surface area contributed by atoms with Crippen molar-refractivity contribution in [3.05, 3.63) is 38.9 Å². The molecule has 1 fully saturated rings. The van der Waals surface area contributed by atoms with E-state index in [1.807, 2.05) is 0 Å². The molecule has 0 amide bonds. The number of nitro groups is 1. The van der Waals surface area contributed by atoms with Crippen LogP contribution in [-0.2, 0) is 6.42 Å². The van der Waals surface area contributed by atoms with Gasteiger partial charge >= 0.3 is 0 Å². The van der Waals surface area contributed by atoms with Gasteiger partial charge in [-0.05, 0) is 30.7 Å². The van der Waals surface area contributed by atoms with Crippen molar-refractivity contribution in [1.29, 1.82) is 0 Å². The number of non-ortho nitro benzene ring substituents is 1. The quantitative estimate of drug-likeness (QED) is 0.672. The smallest absolute Gasteiger partial charge is 0.270 e. The second kappa shape index (κ2) is 6.10. The fourth-order valence-corrected chi connectivity index (χ4v) is 3.44. The summed E-state index contributed by atoms with van der Waals surface area (Å²) >= 11 is 6.16. The minimum atomic E-state index is -0.429. The van der Waals surface area contributed by atoms with Crippen LogP contribution in [0.15, 0.2) is 18.2 Å². The maximum atomic E-state index is 10.7. The number of nitro benzene ring substituents is 1. The molecule has 2 rings (SSSR count). The molecule has 2 atom stereocenters. The van der Waals surface area contributed by atoms with E-state index in [-0.39, 0.29) is 11.2 Å². The van der Waals surface area contributed by atoms with E-state index in [0.717, 1.165) is 31.2 Å². The van der Waals surface area contributed by atoms with Gasteiger partial charge in [-0.15, -0.1) is 0 Å². The lowest BCUT2D eigenvalue weighted by Crippen LogP contribution is -2.46. The Hall–Kier alpha value is -1.13. The van der Waals surface area contributed by atoms with Crippen molar-refractivity contribution in [3.63, 3.8) is 0 Å². The van der Waals surface area contributed by atoms with Gasteiger partial charge in [-0.25, -0.2) is 0 Å². The van der Waals surface area contributed by atoms with Gasteiger partial charge in [0.05, 0.1) is 9.95 Å². The molecule has 2 unspecified atom stereocenters. The van der Waals surface area contributed by atoms with Crippen LogP contribution in [0.4, 0.5) is 5.69 Å². The van der Waals surface area contributed by atoms with E-state index < -0.39 is 4.92 Å². The Labute approximate surface area is 124 Å². The number of benzene rings is 1. The van der Waals surface area contributed by atoms with Gasteiger partial charge in [0.25, 0.3) is 5.69 Å². The molecular weight excluding hydrogens is 276 g/mol. The summed E-state index contributed by atoms with van der Waals surface area (Å²) in [7, 11) is 0. The zero-order valence-corrected chi connectivity index (χ0v) is 12.5. The van der Waals surface area contributed by atoms with Gasteiger partial charge in [-0.3, -0.25) is 10.1 Å². The third-order valence-corrected chi connectivity index (χ3v) is 4.70. The lowest BCUT2D eigenvalue weighted by molar-refractivity contribution is -0.384. The van der Waals surface area contributed by atoms with E-state index in [9.17, 15) is 10.1 Å². The standard InChI is InChI=1S/C15H21ClN2O2/c1-2-11-4-3-7-15(17,9-11)10-12-5-6-13(18(19)20)8-14(12)16/h5-6,8,11H,2-4,7,9-10,17H2,1H3. The summed E-state index contributed by atoms with van der Waals surface area (Å²) in [6.45, 7) is 2.20. The van der Waals surface area contributed by atoms with Crippen molar-refractivity contribution >= 4 is 17.3 Å². The fourth-order valence-electron chi connectivity index (χ4n) is 3.20. The normalized spacial score (nSPS) is 26.4. The molecule has 0 bridgehead atoms. The summed E-state index contributed by atoms with van der Waals surface area (Å²) in [5.74, 6) is 0.686. The van der Waals surface area contributed by atoms with Gasteiger partial charge < -0.3 is 5.73 Å². The summed E-state index contributed by atoms with van der Waals surface area (Å²) < 4.78 is 0. The number of halogens is 1. The molecule has 20 heavy (non-hydrogen) atoms. The predicted molar refractivity (Wildman–Crippen MR) is 81.0 cm³/mol. The molecule has 1 aliphatic rings. The van der Waals surface area contributed by atoms with Crippen molar-refractivity contribution in [2.45, 2.75) is 51.0 Å². The number of hydrogen-bond donors (Lipinski definition) is 1. The van der Waals surface area contributed by atoms with Crippen LogP contribution in [0.25, 0.3) is 0 Å². The molecule has 0 radical (unpaired) electrons. The average molecular weight is 297 g/mol. The second-order valence-corrected chi connectivity index (χ2v) is 6.35. The van der Waals surface area contributed by atoms with Crippen LogP contribution in [-0.4, -0.2) is 10.5 Å². The minimum Gasteiger partial charge on any atom is -0.325 e. The number of nitrogens with zero attached hydrogens (tertiary/aromatic N) is 1. The summed E-state index contributed by atoms with van der Waals surface area (Å²) in [6.07, 6.45) is 6.27. The molecule has 0 aliphatic heterocycles. The highest BCUT2D eigenvalue weighted by atomic mass is 35.5. The molecule has 110 valence electrons. The molecule has 5 heteroatoms. The summed E-state index contributed by atoms with van der Waals surface area (Å²) in [5, 5.41) is 11.2. The first-order valence-electron chi connectivity index (χ1n) is 7.15. The Bertz CT molecular complexity index is 507. The highest BCUT2D eigenvalue weighted by molar-refractivity contribution is 6.31. The Morgan fingerprint density at radius 3 is 2.90 bits per heavy atom. The minimum absolute atomic E-state index is 0.0277. The zero-order valence-electron chi connectivity index (χ0n) is 11.8. The molecule has 1 aromatic carbocycles. The maximum absolute atomic E-state index is 10.7. The van der Waals surface area contributed by atoms with Gasteiger partial charge in [-0.2, -0.15) is 0 Å². The topological polar surface area (TPSA) is 69.2 Å². The Kier molecular flexibility index (Phi) is 4.66. The molecule has 2 N–H and O–H groups in total. The molecule has 0 saturated heterocycles. The number of hydrogen-bond acceptors (Lipinski definition) is 3. The van der Waals surface area contributed by atoms with Gasteiger partial charge in [0.15, 0.2) is 0 Å². The van der Waals surface area contributed by atoms with E-state index in [0.29, 0.717) is 17.4 Å². The van der Waals surface area contributed by atoms with Crippen LogP contribution in [0.1, 0.15) is 44.6 Å². The number of rotatable bonds is 4. The average Bonchev–Trinajstić information content (AvgIpc) is 2.40. The van der Waals surface area contributed by atoms with Crippen molar-refractivity contribution in [3.8, 4) is 0 Å². The lowest BCUT2D eigenvalue weighted by atomic mass is 9.72. The van der Waals surface area contributed by atoms with Crippen LogP contribution in [0, 0.1) is 16.0 Å². The van der Waals surface area contributed by atoms with Crippen LogP contribution >= 0.6 is 11.6 Å². The molecule has 1 aliphatic carbocycles. The summed E-state index contributed by atoms with van der Waals surface area (Å²) in [5.41, 5.74) is 7.25. The molecule has 0 aromatic heterocycles. The van der Waals surface area contributed by atoms with E-state index in [2.05, 4.69) is 6.92 Å². The van der Waals surface area contributed by atoms with Gasteiger partial charge in [0, 0.05) is 17.7 Å². The molecule has 0 heterocycles. The van der Waals surface area contributed by atoms with Crippen molar-refractivity contribution in [1.82, 2.24) is 0 Å².